The van der Waals surface area contributed by atoms with Crippen molar-refractivity contribution >= 4 is 21.4 Å². The fraction of sp³-hybridized carbons (Fsp3) is 0.714. The Morgan fingerprint density at radius 3 is 2.67 bits per heavy atom. The van der Waals surface area contributed by atoms with E-state index < -0.39 is 10.0 Å². The molecule has 0 aromatic carbocycles. The monoisotopic (exact) mass is 331 g/mol. The highest BCUT2D eigenvalue weighted by atomic mass is 32.2. The fourth-order valence-corrected chi connectivity index (χ4v) is 5.28. The first-order chi connectivity index (χ1) is 9.92. The molecule has 7 heteroatoms. The summed E-state index contributed by atoms with van der Waals surface area (Å²) >= 11 is 1.36. The van der Waals surface area contributed by atoms with Crippen LogP contribution in [0.1, 0.15) is 23.3 Å². The predicted molar refractivity (Wildman–Crippen MR) is 87.2 cm³/mol. The van der Waals surface area contributed by atoms with Gasteiger partial charge in [-0.3, -0.25) is 0 Å². The highest BCUT2D eigenvalue weighted by molar-refractivity contribution is 7.91. The molecule has 1 aromatic heterocycles. The summed E-state index contributed by atoms with van der Waals surface area (Å²) in [5, 5.41) is 3.07. The Morgan fingerprint density at radius 1 is 1.38 bits per heavy atom. The summed E-state index contributed by atoms with van der Waals surface area (Å²) in [5.41, 5.74) is 1.04. The minimum atomic E-state index is -3.37. The molecule has 0 amide bonds. The molecule has 2 heterocycles. The fourth-order valence-electron chi connectivity index (χ4n) is 2.52. The van der Waals surface area contributed by atoms with Crippen LogP contribution in [0, 0.1) is 12.8 Å². The van der Waals surface area contributed by atoms with Crippen LogP contribution in [-0.2, 0) is 16.6 Å². The van der Waals surface area contributed by atoms with E-state index in [-0.39, 0.29) is 0 Å². The lowest BCUT2D eigenvalue weighted by molar-refractivity contribution is 0.220. The van der Waals surface area contributed by atoms with E-state index in [2.05, 4.69) is 22.0 Å². The van der Waals surface area contributed by atoms with Crippen LogP contribution in [0.4, 0.5) is 0 Å². The molecule has 1 fully saturated rings. The molecule has 1 aliphatic rings. The van der Waals surface area contributed by atoms with Crippen molar-refractivity contribution in [2.45, 2.75) is 30.5 Å². The predicted octanol–water partition coefficient (Wildman–Crippen LogP) is 1.40. The number of piperidine rings is 1. The Morgan fingerprint density at radius 2 is 2.05 bits per heavy atom. The molecule has 0 atom stereocenters. The number of nitrogens with one attached hydrogen (secondary N) is 2. The maximum absolute atomic E-state index is 12.4. The molecule has 21 heavy (non-hydrogen) atoms. The zero-order valence-electron chi connectivity index (χ0n) is 13.0. The van der Waals surface area contributed by atoms with Gasteiger partial charge in [-0.2, -0.15) is 0 Å². The summed E-state index contributed by atoms with van der Waals surface area (Å²) in [6, 6.07) is 1.77. The van der Waals surface area contributed by atoms with Crippen LogP contribution in [0.3, 0.4) is 0 Å². The number of nitrogens with zero attached hydrogens (tertiary/aromatic N) is 1. The maximum atomic E-state index is 12.4. The lowest BCUT2D eigenvalue weighted by Gasteiger charge is -2.28. The number of thiophene rings is 1. The van der Waals surface area contributed by atoms with Crippen molar-refractivity contribution in [3.8, 4) is 0 Å². The van der Waals surface area contributed by atoms with E-state index in [1.165, 1.54) is 11.3 Å². The summed E-state index contributed by atoms with van der Waals surface area (Å²) in [6.07, 6.45) is 2.13. The number of likely N-dealkylation sites (tertiary alicyclic amines) is 1. The first-order valence-corrected chi connectivity index (χ1v) is 9.64. The molecular weight excluding hydrogens is 306 g/mol. The number of sulfonamides is 1. The number of hydrogen-bond donors (Lipinski definition) is 2. The van der Waals surface area contributed by atoms with Crippen molar-refractivity contribution < 1.29 is 8.42 Å². The van der Waals surface area contributed by atoms with Gasteiger partial charge in [-0.15, -0.1) is 11.3 Å². The van der Waals surface area contributed by atoms with E-state index in [0.29, 0.717) is 23.2 Å². The number of aryl methyl sites for hydroxylation is 1. The van der Waals surface area contributed by atoms with Gasteiger partial charge in [-0.1, -0.05) is 0 Å². The minimum absolute atomic E-state index is 0.429. The Kier molecular flexibility index (Phi) is 5.79. The average Bonchev–Trinajstić information content (AvgIpc) is 2.81. The molecule has 5 nitrogen and oxygen atoms in total. The van der Waals surface area contributed by atoms with Crippen LogP contribution in [0.5, 0.6) is 0 Å². The smallest absolute Gasteiger partial charge is 0.250 e. The molecule has 120 valence electrons. The largest absolute Gasteiger partial charge is 0.315 e. The summed E-state index contributed by atoms with van der Waals surface area (Å²) in [4.78, 5) is 3.37. The highest BCUT2D eigenvalue weighted by Crippen LogP contribution is 2.26. The third kappa shape index (κ3) is 4.50. The summed E-state index contributed by atoms with van der Waals surface area (Å²) in [5.74, 6) is 0.453. The van der Waals surface area contributed by atoms with Crippen LogP contribution in [0.25, 0.3) is 0 Å². The Balaban J connectivity index is 1.96. The van der Waals surface area contributed by atoms with E-state index in [1.54, 1.807) is 6.07 Å². The molecule has 0 unspecified atom stereocenters. The standard InChI is InChI=1S/C14H25N3O2S2/c1-11-8-14(20-13(11)10-15-2)21(18,19)16-9-12-4-6-17(3)7-5-12/h8,12,15-16H,4-7,9-10H2,1-3H3. The third-order valence-corrected chi connectivity index (χ3v) is 7.13. The van der Waals surface area contributed by atoms with E-state index >= 15 is 0 Å². The molecule has 0 saturated carbocycles. The Hall–Kier alpha value is -0.470. The van der Waals surface area contributed by atoms with Crippen LogP contribution >= 0.6 is 11.3 Å². The molecule has 0 bridgehead atoms. The average molecular weight is 332 g/mol. The van der Waals surface area contributed by atoms with Crippen LogP contribution < -0.4 is 10.0 Å². The summed E-state index contributed by atoms with van der Waals surface area (Å²) < 4.78 is 28.0. The van der Waals surface area contributed by atoms with Crippen LogP contribution in [0.2, 0.25) is 0 Å². The van der Waals surface area contributed by atoms with Gasteiger partial charge in [0.25, 0.3) is 0 Å². The SMILES string of the molecule is CNCc1sc(S(=O)(=O)NCC2CCN(C)CC2)cc1C. The molecule has 1 aromatic rings. The van der Waals surface area contributed by atoms with E-state index in [4.69, 9.17) is 0 Å². The normalized spacial score (nSPS) is 18.2. The second-order valence-electron chi connectivity index (χ2n) is 5.80. The zero-order valence-corrected chi connectivity index (χ0v) is 14.6. The molecule has 2 rings (SSSR count). The van der Waals surface area contributed by atoms with Gasteiger partial charge in [-0.05, 0) is 64.5 Å². The van der Waals surface area contributed by atoms with E-state index in [0.717, 1.165) is 36.4 Å². The molecule has 1 saturated heterocycles. The van der Waals surface area contributed by atoms with Crippen molar-refractivity contribution in [3.63, 3.8) is 0 Å². The minimum Gasteiger partial charge on any atom is -0.315 e. The third-order valence-electron chi connectivity index (χ3n) is 4.00. The molecule has 0 aliphatic carbocycles. The van der Waals surface area contributed by atoms with E-state index in [1.807, 2.05) is 14.0 Å². The van der Waals surface area contributed by atoms with Crippen molar-refractivity contribution in [2.24, 2.45) is 5.92 Å². The van der Waals surface area contributed by atoms with E-state index in [9.17, 15) is 8.42 Å². The van der Waals surface area contributed by atoms with Gasteiger partial charge < -0.3 is 10.2 Å². The number of rotatable bonds is 6. The zero-order chi connectivity index (χ0) is 15.5. The first kappa shape index (κ1) is 16.9. The lowest BCUT2D eigenvalue weighted by atomic mass is 9.98. The van der Waals surface area contributed by atoms with Gasteiger partial charge in [-0.25, -0.2) is 13.1 Å². The van der Waals surface area contributed by atoms with Gasteiger partial charge in [0.1, 0.15) is 4.21 Å². The van der Waals surface area contributed by atoms with Gasteiger partial charge in [0, 0.05) is 18.0 Å². The van der Waals surface area contributed by atoms with Crippen molar-refractivity contribution in [1.29, 1.82) is 0 Å². The van der Waals surface area contributed by atoms with Crippen molar-refractivity contribution in [3.05, 3.63) is 16.5 Å². The highest BCUT2D eigenvalue weighted by Gasteiger charge is 2.22. The van der Waals surface area contributed by atoms with Crippen molar-refractivity contribution in [2.75, 3.05) is 33.7 Å². The second-order valence-corrected chi connectivity index (χ2v) is 8.93. The maximum Gasteiger partial charge on any atom is 0.250 e. The van der Waals surface area contributed by atoms with Crippen LogP contribution in [-0.4, -0.2) is 47.0 Å². The van der Waals surface area contributed by atoms with Gasteiger partial charge in [0.15, 0.2) is 0 Å². The Bertz CT molecular complexity index is 561. The molecule has 2 N–H and O–H groups in total. The van der Waals surface area contributed by atoms with Crippen LogP contribution in [0.15, 0.2) is 10.3 Å². The molecule has 0 radical (unpaired) electrons. The van der Waals surface area contributed by atoms with Gasteiger partial charge in [0.2, 0.25) is 10.0 Å². The molecule has 0 spiro atoms. The summed E-state index contributed by atoms with van der Waals surface area (Å²) in [6.45, 7) is 5.32. The first-order valence-electron chi connectivity index (χ1n) is 7.34. The molecule has 1 aliphatic heterocycles. The quantitative estimate of drug-likeness (QED) is 0.827. The second kappa shape index (κ2) is 7.19. The van der Waals surface area contributed by atoms with Gasteiger partial charge >= 0.3 is 0 Å². The Labute approximate surface area is 131 Å². The summed E-state index contributed by atoms with van der Waals surface area (Å²) in [7, 11) is 0.610. The van der Waals surface area contributed by atoms with Crippen molar-refractivity contribution in [1.82, 2.24) is 14.9 Å². The number of hydrogen-bond acceptors (Lipinski definition) is 5. The lowest BCUT2D eigenvalue weighted by Crippen LogP contribution is -2.36. The van der Waals surface area contributed by atoms with Gasteiger partial charge in [0.05, 0.1) is 0 Å². The topological polar surface area (TPSA) is 61.4 Å². The molecular formula is C14H25N3O2S2.